The predicted octanol–water partition coefficient (Wildman–Crippen LogP) is 4.47. The van der Waals surface area contributed by atoms with Crippen LogP contribution in [0, 0.1) is 5.92 Å². The predicted molar refractivity (Wildman–Crippen MR) is 66.8 cm³/mol. The van der Waals surface area contributed by atoms with Crippen LogP contribution in [-0.4, -0.2) is 5.92 Å². The molecule has 1 aliphatic rings. The molecule has 0 nitrogen and oxygen atoms in total. The summed E-state index contributed by atoms with van der Waals surface area (Å²) >= 11 is 0. The summed E-state index contributed by atoms with van der Waals surface area (Å²) in [6.45, 7) is 0. The molecule has 1 aliphatic carbocycles. The monoisotopic (exact) mass is 232 g/mol. The fraction of sp³-hybridized carbons (Fsp3) is 0.200. The molecule has 1 aromatic rings. The van der Waals surface area contributed by atoms with Crippen molar-refractivity contribution in [3.8, 4) is 0 Å². The molecular weight excluding hydrogens is 218 g/mol. The third kappa shape index (κ3) is 3.13. The number of hydrogen-bond donors (Lipinski definition) is 0. The van der Waals surface area contributed by atoms with Crippen molar-refractivity contribution < 1.29 is 8.78 Å². The molecule has 0 heterocycles. The van der Waals surface area contributed by atoms with Crippen LogP contribution in [0.25, 0.3) is 6.08 Å². The summed E-state index contributed by atoms with van der Waals surface area (Å²) in [6.07, 6.45) is 9.68. The van der Waals surface area contributed by atoms with Crippen LogP contribution in [0.5, 0.6) is 0 Å². The van der Waals surface area contributed by atoms with E-state index >= 15 is 0 Å². The van der Waals surface area contributed by atoms with Crippen LogP contribution < -0.4 is 0 Å². The van der Waals surface area contributed by atoms with Crippen LogP contribution in [0.15, 0.2) is 60.7 Å². The van der Waals surface area contributed by atoms with E-state index in [9.17, 15) is 8.78 Å². The molecular formula is C15H14F2. The Balaban J connectivity index is 2.09. The molecule has 1 unspecified atom stereocenters. The Kier molecular flexibility index (Phi) is 3.52. The van der Waals surface area contributed by atoms with Crippen molar-refractivity contribution >= 4 is 6.08 Å². The Labute approximate surface area is 100.0 Å². The zero-order valence-corrected chi connectivity index (χ0v) is 9.39. The largest absolute Gasteiger partial charge is 0.273 e. The molecule has 0 amide bonds. The molecule has 0 saturated carbocycles. The molecule has 88 valence electrons. The minimum Gasteiger partial charge on any atom is -0.201 e. The molecule has 1 atom stereocenters. The molecule has 2 rings (SSSR count). The highest BCUT2D eigenvalue weighted by atomic mass is 19.3. The number of halogens is 2. The van der Waals surface area contributed by atoms with Crippen LogP contribution in [-0.2, 0) is 0 Å². The zero-order chi connectivity index (χ0) is 12.1. The maximum Gasteiger partial charge on any atom is 0.273 e. The molecule has 0 aromatic heterocycles. The number of alkyl halides is 2. The van der Waals surface area contributed by atoms with Gasteiger partial charge in [0.15, 0.2) is 0 Å². The zero-order valence-electron chi connectivity index (χ0n) is 9.39. The lowest BCUT2D eigenvalue weighted by atomic mass is 9.93. The van der Waals surface area contributed by atoms with E-state index in [1.165, 1.54) is 6.08 Å². The van der Waals surface area contributed by atoms with E-state index in [1.807, 2.05) is 30.3 Å². The quantitative estimate of drug-likeness (QED) is 0.721. The van der Waals surface area contributed by atoms with Gasteiger partial charge in [-0.2, -0.15) is 0 Å². The second kappa shape index (κ2) is 5.09. The Morgan fingerprint density at radius 3 is 2.53 bits per heavy atom. The smallest absolute Gasteiger partial charge is 0.201 e. The molecule has 2 heteroatoms. The van der Waals surface area contributed by atoms with Crippen molar-refractivity contribution in [2.24, 2.45) is 5.92 Å². The molecule has 1 aromatic carbocycles. The van der Waals surface area contributed by atoms with Crippen molar-refractivity contribution in [1.29, 1.82) is 0 Å². The van der Waals surface area contributed by atoms with Crippen LogP contribution in [0.2, 0.25) is 0 Å². The van der Waals surface area contributed by atoms with E-state index in [1.54, 1.807) is 24.3 Å². The second-order valence-corrected chi connectivity index (χ2v) is 4.07. The summed E-state index contributed by atoms with van der Waals surface area (Å²) in [5, 5.41) is 0. The minimum absolute atomic E-state index is 0.391. The Hall–Kier alpha value is -1.70. The molecule has 0 aliphatic heterocycles. The average Bonchev–Trinajstić information content (AvgIpc) is 2.39. The molecule has 17 heavy (non-hydrogen) atoms. The van der Waals surface area contributed by atoms with Gasteiger partial charge in [0.25, 0.3) is 5.92 Å². The summed E-state index contributed by atoms with van der Waals surface area (Å²) in [5.41, 5.74) is 0.794. The first-order chi connectivity index (χ1) is 8.18. The first-order valence-electron chi connectivity index (χ1n) is 5.64. The van der Waals surface area contributed by atoms with Crippen molar-refractivity contribution in [2.45, 2.75) is 12.3 Å². The van der Waals surface area contributed by atoms with E-state index in [-0.39, 0.29) is 0 Å². The molecule has 0 bridgehead atoms. The first kappa shape index (κ1) is 11.8. The van der Waals surface area contributed by atoms with E-state index < -0.39 is 11.8 Å². The van der Waals surface area contributed by atoms with Gasteiger partial charge in [0.05, 0.1) is 0 Å². The maximum absolute atomic E-state index is 13.8. The van der Waals surface area contributed by atoms with Gasteiger partial charge in [0.1, 0.15) is 0 Å². The second-order valence-electron chi connectivity index (χ2n) is 4.07. The third-order valence-corrected chi connectivity index (χ3v) is 2.77. The van der Waals surface area contributed by atoms with Crippen LogP contribution in [0.3, 0.4) is 0 Å². The topological polar surface area (TPSA) is 0 Å². The molecule has 0 saturated heterocycles. The number of hydrogen-bond acceptors (Lipinski definition) is 0. The lowest BCUT2D eigenvalue weighted by Gasteiger charge is -2.21. The van der Waals surface area contributed by atoms with Gasteiger partial charge in [0, 0.05) is 5.92 Å². The Bertz CT molecular complexity index is 441. The van der Waals surface area contributed by atoms with Gasteiger partial charge in [-0.1, -0.05) is 60.7 Å². The van der Waals surface area contributed by atoms with Gasteiger partial charge in [0.2, 0.25) is 0 Å². The molecule has 0 radical (unpaired) electrons. The number of benzene rings is 1. The van der Waals surface area contributed by atoms with Crippen LogP contribution in [0.1, 0.15) is 12.0 Å². The summed E-state index contributed by atoms with van der Waals surface area (Å²) in [4.78, 5) is 0. The maximum atomic E-state index is 13.8. The Morgan fingerprint density at radius 1 is 1.12 bits per heavy atom. The summed E-state index contributed by atoms with van der Waals surface area (Å²) in [7, 11) is 0. The highest BCUT2D eigenvalue weighted by molar-refractivity contribution is 5.50. The highest BCUT2D eigenvalue weighted by Crippen LogP contribution is 2.32. The van der Waals surface area contributed by atoms with Crippen molar-refractivity contribution in [3.63, 3.8) is 0 Å². The van der Waals surface area contributed by atoms with Crippen molar-refractivity contribution in [2.75, 3.05) is 0 Å². The van der Waals surface area contributed by atoms with Gasteiger partial charge >= 0.3 is 0 Å². The summed E-state index contributed by atoms with van der Waals surface area (Å²) in [5.74, 6) is -3.52. The lowest BCUT2D eigenvalue weighted by Crippen LogP contribution is -2.24. The highest BCUT2D eigenvalue weighted by Gasteiger charge is 2.34. The molecule has 0 N–H and O–H groups in total. The number of rotatable bonds is 3. The first-order valence-corrected chi connectivity index (χ1v) is 5.64. The van der Waals surface area contributed by atoms with Gasteiger partial charge in [-0.05, 0) is 18.1 Å². The number of allylic oxidation sites excluding steroid dienone is 5. The Morgan fingerprint density at radius 2 is 1.88 bits per heavy atom. The fourth-order valence-corrected chi connectivity index (χ4v) is 1.76. The minimum atomic E-state index is -2.79. The van der Waals surface area contributed by atoms with E-state index in [2.05, 4.69) is 0 Å². The van der Waals surface area contributed by atoms with Gasteiger partial charge in [-0.15, -0.1) is 0 Å². The molecule has 0 spiro atoms. The van der Waals surface area contributed by atoms with Gasteiger partial charge in [-0.3, -0.25) is 0 Å². The van der Waals surface area contributed by atoms with E-state index in [0.717, 1.165) is 11.6 Å². The SMILES string of the molecule is FC(F)(/C=C\c1ccccc1)C1C=CC=CC1. The van der Waals surface area contributed by atoms with Gasteiger partial charge < -0.3 is 0 Å². The lowest BCUT2D eigenvalue weighted by molar-refractivity contribution is 0.0123. The van der Waals surface area contributed by atoms with Crippen LogP contribution >= 0.6 is 0 Å². The summed E-state index contributed by atoms with van der Waals surface area (Å²) in [6, 6.07) is 9.15. The molecule has 0 fully saturated rings. The third-order valence-electron chi connectivity index (χ3n) is 2.77. The normalized spacial score (nSPS) is 20.0. The van der Waals surface area contributed by atoms with E-state index in [0.29, 0.717) is 6.42 Å². The summed E-state index contributed by atoms with van der Waals surface area (Å²) < 4.78 is 27.6. The van der Waals surface area contributed by atoms with E-state index in [4.69, 9.17) is 0 Å². The van der Waals surface area contributed by atoms with Gasteiger partial charge in [-0.25, -0.2) is 8.78 Å². The van der Waals surface area contributed by atoms with Crippen molar-refractivity contribution in [1.82, 2.24) is 0 Å². The fourth-order valence-electron chi connectivity index (χ4n) is 1.76. The van der Waals surface area contributed by atoms with Crippen molar-refractivity contribution in [3.05, 3.63) is 66.3 Å². The van der Waals surface area contributed by atoms with Crippen LogP contribution in [0.4, 0.5) is 8.78 Å². The standard InChI is InChI=1S/C15H14F2/c16-15(17,14-9-5-2-6-10-14)12-11-13-7-3-1-4-8-13/h1-9,11-12,14H,10H2/b12-11-. The average molecular weight is 232 g/mol.